The molecule has 0 aliphatic heterocycles. The van der Waals surface area contributed by atoms with Gasteiger partial charge in [0.15, 0.2) is 0 Å². The molecule has 4 rings (SSSR count). The summed E-state index contributed by atoms with van der Waals surface area (Å²) in [6.07, 6.45) is 0. The van der Waals surface area contributed by atoms with Crippen molar-refractivity contribution >= 4 is 22.6 Å². The fraction of sp³-hybridized carbons (Fsp3) is 0.174. The van der Waals surface area contributed by atoms with Crippen LogP contribution in [-0.4, -0.2) is 9.55 Å². The van der Waals surface area contributed by atoms with Crippen LogP contribution in [0.15, 0.2) is 72.8 Å². The van der Waals surface area contributed by atoms with E-state index in [0.717, 1.165) is 33.0 Å². The highest BCUT2D eigenvalue weighted by molar-refractivity contribution is 6.31. The number of hydrogen-bond donors (Lipinski definition) is 0. The zero-order chi connectivity index (χ0) is 18.1. The predicted octanol–water partition coefficient (Wildman–Crippen LogP) is 6.53. The summed E-state index contributed by atoms with van der Waals surface area (Å²) in [6, 6.07) is 25.0. The summed E-state index contributed by atoms with van der Waals surface area (Å²) in [5, 5.41) is 0.784. The summed E-state index contributed by atoms with van der Waals surface area (Å²) in [7, 11) is 0. The van der Waals surface area contributed by atoms with Crippen LogP contribution in [-0.2, 0) is 6.54 Å². The lowest BCUT2D eigenvalue weighted by Crippen LogP contribution is -2.03. The molecule has 1 aromatic heterocycles. The molecule has 0 bridgehead atoms. The van der Waals surface area contributed by atoms with Gasteiger partial charge in [0.2, 0.25) is 0 Å². The quantitative estimate of drug-likeness (QED) is 0.404. The SMILES string of the molecule is CC(C)c1ccc(-c2nc3ccccc3n2Cc2ccccc2Cl)cc1. The molecular weight excluding hydrogens is 340 g/mol. The van der Waals surface area contributed by atoms with Gasteiger partial charge in [0.05, 0.1) is 17.6 Å². The molecule has 0 saturated carbocycles. The molecule has 0 N–H and O–H groups in total. The van der Waals surface area contributed by atoms with E-state index in [9.17, 15) is 0 Å². The third-order valence-corrected chi connectivity index (χ3v) is 5.15. The van der Waals surface area contributed by atoms with E-state index in [0.29, 0.717) is 12.5 Å². The Kier molecular flexibility index (Phi) is 4.52. The van der Waals surface area contributed by atoms with Crippen molar-refractivity contribution in [3.8, 4) is 11.4 Å². The monoisotopic (exact) mass is 360 g/mol. The van der Waals surface area contributed by atoms with E-state index in [-0.39, 0.29) is 0 Å². The van der Waals surface area contributed by atoms with Gasteiger partial charge in [0.1, 0.15) is 5.82 Å². The molecule has 4 aromatic rings. The molecule has 2 nitrogen and oxygen atoms in total. The normalized spacial score (nSPS) is 11.4. The molecule has 130 valence electrons. The number of nitrogens with zero attached hydrogens (tertiary/aromatic N) is 2. The van der Waals surface area contributed by atoms with E-state index < -0.39 is 0 Å². The third-order valence-electron chi connectivity index (χ3n) is 4.78. The number of imidazole rings is 1. The lowest BCUT2D eigenvalue weighted by molar-refractivity contribution is 0.833. The Morgan fingerprint density at radius 3 is 2.31 bits per heavy atom. The Balaban J connectivity index is 1.85. The number of fused-ring (bicyclic) bond motifs is 1. The Morgan fingerprint density at radius 1 is 0.885 bits per heavy atom. The summed E-state index contributed by atoms with van der Waals surface area (Å²) >= 11 is 6.41. The highest BCUT2D eigenvalue weighted by atomic mass is 35.5. The van der Waals surface area contributed by atoms with Crippen molar-refractivity contribution in [1.29, 1.82) is 0 Å². The van der Waals surface area contributed by atoms with Crippen LogP contribution >= 0.6 is 11.6 Å². The maximum absolute atomic E-state index is 6.41. The smallest absolute Gasteiger partial charge is 0.141 e. The maximum Gasteiger partial charge on any atom is 0.141 e. The van der Waals surface area contributed by atoms with Gasteiger partial charge in [-0.25, -0.2) is 4.98 Å². The Bertz CT molecular complexity index is 1050. The second kappa shape index (κ2) is 6.97. The van der Waals surface area contributed by atoms with Crippen LogP contribution in [0.5, 0.6) is 0 Å². The lowest BCUT2D eigenvalue weighted by atomic mass is 10.0. The lowest BCUT2D eigenvalue weighted by Gasteiger charge is -2.12. The highest BCUT2D eigenvalue weighted by Crippen LogP contribution is 2.28. The molecule has 0 aliphatic carbocycles. The second-order valence-corrected chi connectivity index (χ2v) is 7.29. The number of halogens is 1. The van der Waals surface area contributed by atoms with Gasteiger partial charge in [-0.05, 0) is 35.2 Å². The fourth-order valence-corrected chi connectivity index (χ4v) is 3.47. The second-order valence-electron chi connectivity index (χ2n) is 6.88. The number of rotatable bonds is 4. The van der Waals surface area contributed by atoms with Gasteiger partial charge in [0, 0.05) is 10.6 Å². The maximum atomic E-state index is 6.41. The van der Waals surface area contributed by atoms with Crippen LogP contribution in [0.2, 0.25) is 5.02 Å². The molecule has 0 saturated heterocycles. The van der Waals surface area contributed by atoms with Crippen LogP contribution < -0.4 is 0 Å². The van der Waals surface area contributed by atoms with E-state index in [2.05, 4.69) is 66.9 Å². The van der Waals surface area contributed by atoms with Crippen molar-refractivity contribution in [2.45, 2.75) is 26.3 Å². The van der Waals surface area contributed by atoms with E-state index in [1.807, 2.05) is 24.3 Å². The van der Waals surface area contributed by atoms with E-state index in [1.54, 1.807) is 0 Å². The van der Waals surface area contributed by atoms with Crippen molar-refractivity contribution in [2.75, 3.05) is 0 Å². The standard InChI is InChI=1S/C23H21ClN2/c1-16(2)17-11-13-18(14-12-17)23-25-21-9-5-6-10-22(21)26(23)15-19-7-3-4-8-20(19)24/h3-14,16H,15H2,1-2H3. The fourth-order valence-electron chi connectivity index (χ4n) is 3.27. The van der Waals surface area contributed by atoms with E-state index in [4.69, 9.17) is 16.6 Å². The van der Waals surface area contributed by atoms with Gasteiger partial charge in [0.25, 0.3) is 0 Å². The minimum Gasteiger partial charge on any atom is -0.319 e. The summed E-state index contributed by atoms with van der Waals surface area (Å²) in [6.45, 7) is 5.12. The van der Waals surface area contributed by atoms with Crippen LogP contribution in [0.3, 0.4) is 0 Å². The average molecular weight is 361 g/mol. The minimum atomic E-state index is 0.519. The van der Waals surface area contributed by atoms with E-state index >= 15 is 0 Å². The van der Waals surface area contributed by atoms with Crippen LogP contribution in [0, 0.1) is 0 Å². The van der Waals surface area contributed by atoms with Gasteiger partial charge >= 0.3 is 0 Å². The van der Waals surface area contributed by atoms with Crippen molar-refractivity contribution in [3.63, 3.8) is 0 Å². The molecule has 0 atom stereocenters. The molecular formula is C23H21ClN2. The predicted molar refractivity (Wildman–Crippen MR) is 110 cm³/mol. The Labute approximate surface area is 159 Å². The molecule has 0 aliphatic rings. The average Bonchev–Trinajstić information content (AvgIpc) is 3.02. The molecule has 3 heteroatoms. The molecule has 0 fully saturated rings. The first-order chi connectivity index (χ1) is 12.6. The molecule has 3 aromatic carbocycles. The van der Waals surface area contributed by atoms with Gasteiger partial charge in [-0.2, -0.15) is 0 Å². The summed E-state index contributed by atoms with van der Waals surface area (Å²) < 4.78 is 2.25. The molecule has 1 heterocycles. The third kappa shape index (κ3) is 3.13. The van der Waals surface area contributed by atoms with Crippen molar-refractivity contribution < 1.29 is 0 Å². The molecule has 0 unspecified atom stereocenters. The zero-order valence-corrected chi connectivity index (χ0v) is 15.7. The summed E-state index contributed by atoms with van der Waals surface area (Å²) in [5.74, 6) is 1.49. The van der Waals surface area contributed by atoms with Gasteiger partial charge < -0.3 is 4.57 Å². The highest BCUT2D eigenvalue weighted by Gasteiger charge is 2.14. The van der Waals surface area contributed by atoms with Crippen LogP contribution in [0.4, 0.5) is 0 Å². The minimum absolute atomic E-state index is 0.519. The Hall–Kier alpha value is -2.58. The largest absolute Gasteiger partial charge is 0.319 e. The summed E-state index contributed by atoms with van der Waals surface area (Å²) in [5.41, 5.74) is 5.68. The number of aromatic nitrogens is 2. The number of hydrogen-bond acceptors (Lipinski definition) is 1. The first-order valence-electron chi connectivity index (χ1n) is 8.92. The molecule has 0 radical (unpaired) electrons. The van der Waals surface area contributed by atoms with Crippen molar-refractivity contribution in [2.24, 2.45) is 0 Å². The molecule has 26 heavy (non-hydrogen) atoms. The van der Waals surface area contributed by atoms with Crippen molar-refractivity contribution in [1.82, 2.24) is 9.55 Å². The molecule has 0 spiro atoms. The van der Waals surface area contributed by atoms with E-state index in [1.165, 1.54) is 5.56 Å². The van der Waals surface area contributed by atoms with Crippen LogP contribution in [0.25, 0.3) is 22.4 Å². The number of benzene rings is 3. The van der Waals surface area contributed by atoms with Gasteiger partial charge in [-0.15, -0.1) is 0 Å². The topological polar surface area (TPSA) is 17.8 Å². The zero-order valence-electron chi connectivity index (χ0n) is 15.0. The number of para-hydroxylation sites is 2. The van der Waals surface area contributed by atoms with Crippen LogP contribution in [0.1, 0.15) is 30.9 Å². The van der Waals surface area contributed by atoms with Gasteiger partial charge in [-0.3, -0.25) is 0 Å². The summed E-state index contributed by atoms with van der Waals surface area (Å²) in [4.78, 5) is 4.90. The first kappa shape index (κ1) is 16.9. The Morgan fingerprint density at radius 2 is 1.58 bits per heavy atom. The van der Waals surface area contributed by atoms with Crippen molar-refractivity contribution in [3.05, 3.63) is 88.9 Å². The molecule has 0 amide bonds. The first-order valence-corrected chi connectivity index (χ1v) is 9.30. The van der Waals surface area contributed by atoms with Gasteiger partial charge in [-0.1, -0.05) is 80.0 Å².